The van der Waals surface area contributed by atoms with Gasteiger partial charge >= 0.3 is 17.9 Å². The van der Waals surface area contributed by atoms with E-state index in [0.717, 1.165) is 83.5 Å². The maximum absolute atomic E-state index is 12.7. The quantitative estimate of drug-likeness (QED) is 0.0266. The van der Waals surface area contributed by atoms with Crippen LogP contribution >= 0.6 is 0 Å². The van der Waals surface area contributed by atoms with Crippen LogP contribution in [0.5, 0.6) is 0 Å². The van der Waals surface area contributed by atoms with E-state index < -0.39 is 6.10 Å². The summed E-state index contributed by atoms with van der Waals surface area (Å²) in [5, 5.41) is 0. The molecule has 0 N–H and O–H groups in total. The first kappa shape index (κ1) is 52.6. The van der Waals surface area contributed by atoms with Crippen molar-refractivity contribution in [2.24, 2.45) is 0 Å². The lowest BCUT2D eigenvalue weighted by Crippen LogP contribution is -2.30. The van der Waals surface area contributed by atoms with E-state index in [2.05, 4.69) is 57.2 Å². The normalized spacial score (nSPS) is 11.8. The van der Waals surface area contributed by atoms with Crippen LogP contribution in [0.1, 0.15) is 239 Å². The van der Waals surface area contributed by atoms with Crippen LogP contribution < -0.4 is 0 Å². The van der Waals surface area contributed by atoms with E-state index >= 15 is 0 Å². The van der Waals surface area contributed by atoms with Gasteiger partial charge in [0, 0.05) is 19.3 Å². The van der Waals surface area contributed by atoms with Crippen molar-refractivity contribution >= 4 is 17.9 Å². The third kappa shape index (κ3) is 42.6. The molecule has 0 saturated heterocycles. The van der Waals surface area contributed by atoms with Gasteiger partial charge in [-0.15, -0.1) is 0 Å². The summed E-state index contributed by atoms with van der Waals surface area (Å²) >= 11 is 0. The van der Waals surface area contributed by atoms with E-state index in [9.17, 15) is 14.4 Å². The lowest BCUT2D eigenvalue weighted by Gasteiger charge is -2.18. The van der Waals surface area contributed by atoms with E-state index in [1.54, 1.807) is 0 Å². The summed E-state index contributed by atoms with van der Waals surface area (Å²) in [5.74, 6) is -0.907. The first-order valence-electron chi connectivity index (χ1n) is 23.5. The van der Waals surface area contributed by atoms with E-state index in [1.165, 1.54) is 116 Å². The molecule has 320 valence electrons. The number of allylic oxidation sites excluding steroid dienone is 6. The number of hydrogen-bond donors (Lipinski definition) is 0. The van der Waals surface area contributed by atoms with Crippen molar-refractivity contribution in [3.8, 4) is 0 Å². The molecule has 0 aromatic carbocycles. The van der Waals surface area contributed by atoms with E-state index in [-0.39, 0.29) is 31.1 Å². The fourth-order valence-corrected chi connectivity index (χ4v) is 6.46. The van der Waals surface area contributed by atoms with Crippen molar-refractivity contribution in [1.29, 1.82) is 0 Å². The van der Waals surface area contributed by atoms with Crippen LogP contribution in [0.2, 0.25) is 0 Å². The first-order chi connectivity index (χ1) is 27.0. The van der Waals surface area contributed by atoms with Gasteiger partial charge in [0.05, 0.1) is 0 Å². The van der Waals surface area contributed by atoms with Gasteiger partial charge in [-0.1, -0.05) is 173 Å². The SMILES string of the molecule is CCCC/C=C\CCCCCCCC(=O)OCC(COC(=O)CCCCCCC/C=C\CCCC)OC(=O)CCCCCCC/C=C\CCCCCCCC. The summed E-state index contributed by atoms with van der Waals surface area (Å²) < 4.78 is 16.7. The second-order valence-electron chi connectivity index (χ2n) is 15.7. The zero-order valence-corrected chi connectivity index (χ0v) is 36.4. The minimum absolute atomic E-state index is 0.0819. The molecule has 0 radical (unpaired) electrons. The summed E-state index contributed by atoms with van der Waals surface area (Å²) in [6.07, 6.45) is 49.8. The average Bonchev–Trinajstić information content (AvgIpc) is 3.18. The van der Waals surface area contributed by atoms with Gasteiger partial charge in [-0.25, -0.2) is 0 Å². The molecule has 0 saturated carbocycles. The Morgan fingerprint density at radius 2 is 0.618 bits per heavy atom. The van der Waals surface area contributed by atoms with Crippen molar-refractivity contribution in [3.63, 3.8) is 0 Å². The number of esters is 3. The summed E-state index contributed by atoms with van der Waals surface area (Å²) in [4.78, 5) is 37.7. The molecule has 0 heterocycles. The average molecular weight is 773 g/mol. The topological polar surface area (TPSA) is 78.9 Å². The van der Waals surface area contributed by atoms with E-state index in [4.69, 9.17) is 14.2 Å². The summed E-state index contributed by atoms with van der Waals surface area (Å²) in [7, 11) is 0. The molecule has 0 aromatic rings. The third-order valence-corrected chi connectivity index (χ3v) is 10.1. The molecule has 0 atom stereocenters. The molecule has 0 spiro atoms. The minimum atomic E-state index is -0.778. The Morgan fingerprint density at radius 3 is 0.964 bits per heavy atom. The van der Waals surface area contributed by atoms with E-state index in [1.807, 2.05) is 0 Å². The fourth-order valence-electron chi connectivity index (χ4n) is 6.46. The Balaban J connectivity index is 4.39. The number of hydrogen-bond acceptors (Lipinski definition) is 6. The van der Waals surface area contributed by atoms with Crippen molar-refractivity contribution in [2.45, 2.75) is 245 Å². The highest BCUT2D eigenvalue weighted by Crippen LogP contribution is 2.14. The Labute approximate surface area is 340 Å². The van der Waals surface area contributed by atoms with Gasteiger partial charge < -0.3 is 14.2 Å². The Bertz CT molecular complexity index is 890. The first-order valence-corrected chi connectivity index (χ1v) is 23.5. The Kier molecular flexibility index (Phi) is 42.4. The zero-order valence-electron chi connectivity index (χ0n) is 36.4. The van der Waals surface area contributed by atoms with Crippen molar-refractivity contribution in [3.05, 3.63) is 36.5 Å². The van der Waals surface area contributed by atoms with Crippen molar-refractivity contribution < 1.29 is 28.6 Å². The standard InChI is InChI=1S/C49H88O6/c1-4-7-10-13-16-19-22-23-24-25-28-31-34-37-40-43-49(52)55-46(44-53-47(50)41-38-35-32-29-26-20-17-14-11-8-5-2)45-54-48(51)42-39-36-33-30-27-21-18-15-12-9-6-3/h14-15,17-18,23-24,46H,4-13,16,19-22,25-45H2,1-3H3/b17-14-,18-15-,24-23-. The van der Waals surface area contributed by atoms with Crippen LogP contribution in [-0.4, -0.2) is 37.2 Å². The molecule has 55 heavy (non-hydrogen) atoms. The predicted octanol–water partition coefficient (Wildman–Crippen LogP) is 15.0. The van der Waals surface area contributed by atoms with Crippen LogP contribution in [0.25, 0.3) is 0 Å². The summed E-state index contributed by atoms with van der Waals surface area (Å²) in [6, 6.07) is 0. The van der Waals surface area contributed by atoms with Gasteiger partial charge in [-0.2, -0.15) is 0 Å². The molecular formula is C49H88O6. The molecule has 0 amide bonds. The number of carbonyl (C=O) groups is 3. The molecule has 6 nitrogen and oxygen atoms in total. The predicted molar refractivity (Wildman–Crippen MR) is 233 cm³/mol. The van der Waals surface area contributed by atoms with Gasteiger partial charge in [0.1, 0.15) is 13.2 Å². The smallest absolute Gasteiger partial charge is 0.306 e. The molecule has 0 aliphatic carbocycles. The second-order valence-corrected chi connectivity index (χ2v) is 15.7. The van der Waals surface area contributed by atoms with Gasteiger partial charge in [0.25, 0.3) is 0 Å². The number of carbonyl (C=O) groups excluding carboxylic acids is 3. The lowest BCUT2D eigenvalue weighted by molar-refractivity contribution is -0.167. The largest absolute Gasteiger partial charge is 0.462 e. The van der Waals surface area contributed by atoms with Crippen LogP contribution in [0.4, 0.5) is 0 Å². The molecule has 0 unspecified atom stereocenters. The molecular weight excluding hydrogens is 685 g/mol. The van der Waals surface area contributed by atoms with E-state index in [0.29, 0.717) is 19.3 Å². The minimum Gasteiger partial charge on any atom is -0.462 e. The van der Waals surface area contributed by atoms with Crippen LogP contribution in [0, 0.1) is 0 Å². The highest BCUT2D eigenvalue weighted by atomic mass is 16.6. The molecule has 0 aromatic heterocycles. The van der Waals surface area contributed by atoms with Gasteiger partial charge in [-0.3, -0.25) is 14.4 Å². The summed E-state index contributed by atoms with van der Waals surface area (Å²) in [6.45, 7) is 6.53. The van der Waals surface area contributed by atoms with Gasteiger partial charge in [-0.05, 0) is 83.5 Å². The van der Waals surface area contributed by atoms with Crippen molar-refractivity contribution in [1.82, 2.24) is 0 Å². The summed E-state index contributed by atoms with van der Waals surface area (Å²) in [5.41, 5.74) is 0. The third-order valence-electron chi connectivity index (χ3n) is 10.1. The molecule has 0 bridgehead atoms. The molecule has 0 aliphatic heterocycles. The van der Waals surface area contributed by atoms with Crippen LogP contribution in [0.3, 0.4) is 0 Å². The maximum Gasteiger partial charge on any atom is 0.306 e. The van der Waals surface area contributed by atoms with Gasteiger partial charge in [0.15, 0.2) is 6.10 Å². The lowest BCUT2D eigenvalue weighted by atomic mass is 10.1. The Hall–Kier alpha value is -2.37. The highest BCUT2D eigenvalue weighted by molar-refractivity contribution is 5.71. The number of unbranched alkanes of at least 4 members (excludes halogenated alkanes) is 25. The molecule has 0 rings (SSSR count). The molecule has 0 aliphatic rings. The Morgan fingerprint density at radius 1 is 0.345 bits per heavy atom. The number of ether oxygens (including phenoxy) is 3. The number of rotatable bonds is 42. The monoisotopic (exact) mass is 773 g/mol. The molecule has 6 heteroatoms. The molecule has 0 fully saturated rings. The highest BCUT2D eigenvalue weighted by Gasteiger charge is 2.19. The van der Waals surface area contributed by atoms with Crippen LogP contribution in [-0.2, 0) is 28.6 Å². The van der Waals surface area contributed by atoms with Gasteiger partial charge in [0.2, 0.25) is 0 Å². The fraction of sp³-hybridized carbons (Fsp3) is 0.816. The maximum atomic E-state index is 12.7. The zero-order chi connectivity index (χ0) is 40.1. The second kappa shape index (κ2) is 44.3. The van der Waals surface area contributed by atoms with Crippen molar-refractivity contribution in [2.75, 3.05) is 13.2 Å². The van der Waals surface area contributed by atoms with Crippen LogP contribution in [0.15, 0.2) is 36.5 Å².